The monoisotopic (exact) mass is 299 g/mol. The van der Waals surface area contributed by atoms with Crippen molar-refractivity contribution in [1.82, 2.24) is 5.32 Å². The summed E-state index contributed by atoms with van der Waals surface area (Å²) in [6.07, 6.45) is 4.03. The van der Waals surface area contributed by atoms with E-state index in [0.717, 1.165) is 22.1 Å². The summed E-state index contributed by atoms with van der Waals surface area (Å²) < 4.78 is 0. The summed E-state index contributed by atoms with van der Waals surface area (Å²) in [4.78, 5) is 0. The van der Waals surface area contributed by atoms with Crippen molar-refractivity contribution >= 4 is 11.6 Å². The number of hydrogen-bond donors (Lipinski definition) is 1. The van der Waals surface area contributed by atoms with Gasteiger partial charge in [-0.15, -0.1) is 0 Å². The van der Waals surface area contributed by atoms with Crippen molar-refractivity contribution in [2.24, 2.45) is 0 Å². The molecule has 0 bridgehead atoms. The molecule has 1 N–H and O–H groups in total. The van der Waals surface area contributed by atoms with E-state index < -0.39 is 0 Å². The number of aryl methyl sites for hydroxylation is 1. The Hall–Kier alpha value is -1.31. The first-order valence-electron chi connectivity index (χ1n) is 7.73. The van der Waals surface area contributed by atoms with Crippen LogP contribution >= 0.6 is 11.6 Å². The van der Waals surface area contributed by atoms with Crippen LogP contribution in [0.1, 0.15) is 53.5 Å². The first-order valence-corrected chi connectivity index (χ1v) is 8.10. The fraction of sp³-hybridized carbons (Fsp3) is 0.368. The van der Waals surface area contributed by atoms with Gasteiger partial charge < -0.3 is 5.32 Å². The third-order valence-electron chi connectivity index (χ3n) is 4.64. The molecule has 1 aliphatic carbocycles. The van der Waals surface area contributed by atoms with Crippen molar-refractivity contribution in [3.63, 3.8) is 0 Å². The lowest BCUT2D eigenvalue weighted by atomic mass is 9.79. The van der Waals surface area contributed by atoms with Gasteiger partial charge >= 0.3 is 0 Å². The average Bonchev–Trinajstić information content (AvgIpc) is 2.43. The third-order valence-corrected chi connectivity index (χ3v) is 5.16. The summed E-state index contributed by atoms with van der Waals surface area (Å²) >= 11 is 6.52. The molecule has 1 atom stereocenters. The molecule has 1 unspecified atom stereocenters. The lowest BCUT2D eigenvalue weighted by molar-refractivity contribution is 0.419. The van der Waals surface area contributed by atoms with E-state index in [2.05, 4.69) is 54.7 Å². The predicted octanol–water partition coefficient (Wildman–Crippen LogP) is 5.22. The summed E-state index contributed by atoms with van der Waals surface area (Å²) in [7, 11) is 2.00. The molecule has 1 fully saturated rings. The van der Waals surface area contributed by atoms with Crippen molar-refractivity contribution in [3.05, 3.63) is 69.7 Å². The highest BCUT2D eigenvalue weighted by atomic mass is 35.5. The fourth-order valence-electron chi connectivity index (χ4n) is 3.13. The maximum atomic E-state index is 6.52. The molecule has 1 aliphatic rings. The minimum absolute atomic E-state index is 0.150. The second-order valence-electron chi connectivity index (χ2n) is 6.00. The summed E-state index contributed by atoms with van der Waals surface area (Å²) in [5, 5.41) is 4.29. The largest absolute Gasteiger partial charge is 0.309 e. The lowest BCUT2D eigenvalue weighted by Gasteiger charge is -2.27. The standard InChI is InChI=1S/C19H22ClN/c1-13-6-3-11-17(18(13)20)19(21-2)16-10-5-9-15(12-16)14-7-4-8-14/h3,5-6,9-12,14,19,21H,4,7-8H2,1-2H3. The Morgan fingerprint density at radius 2 is 1.90 bits per heavy atom. The molecular formula is C19H22ClN. The van der Waals surface area contributed by atoms with Gasteiger partial charge in [-0.25, -0.2) is 0 Å². The van der Waals surface area contributed by atoms with Gasteiger partial charge in [0.15, 0.2) is 0 Å². The van der Waals surface area contributed by atoms with Gasteiger partial charge in [0.25, 0.3) is 0 Å². The molecule has 2 aromatic carbocycles. The smallest absolute Gasteiger partial charge is 0.0589 e. The molecule has 0 heterocycles. The Kier molecular flexibility index (Phi) is 4.32. The summed E-state index contributed by atoms with van der Waals surface area (Å²) in [5.41, 5.74) is 5.06. The minimum atomic E-state index is 0.150. The molecular weight excluding hydrogens is 278 g/mol. The van der Waals surface area contributed by atoms with Gasteiger partial charge in [0.2, 0.25) is 0 Å². The number of benzene rings is 2. The van der Waals surface area contributed by atoms with Crippen LogP contribution in [0.25, 0.3) is 0 Å². The molecule has 0 spiro atoms. The van der Waals surface area contributed by atoms with Gasteiger partial charge in [-0.2, -0.15) is 0 Å². The van der Waals surface area contributed by atoms with E-state index in [-0.39, 0.29) is 6.04 Å². The maximum Gasteiger partial charge on any atom is 0.0589 e. The molecule has 21 heavy (non-hydrogen) atoms. The molecule has 3 rings (SSSR count). The maximum absolute atomic E-state index is 6.52. The zero-order chi connectivity index (χ0) is 14.8. The normalized spacial score (nSPS) is 16.5. The van der Waals surface area contributed by atoms with Crippen LogP contribution in [0.4, 0.5) is 0 Å². The molecule has 0 aliphatic heterocycles. The van der Waals surface area contributed by atoms with Crippen LogP contribution in [0.15, 0.2) is 42.5 Å². The molecule has 0 saturated heterocycles. The van der Waals surface area contributed by atoms with Crippen molar-refractivity contribution in [1.29, 1.82) is 0 Å². The van der Waals surface area contributed by atoms with Crippen LogP contribution in [-0.2, 0) is 0 Å². The summed E-state index contributed by atoms with van der Waals surface area (Å²) in [5.74, 6) is 0.760. The highest BCUT2D eigenvalue weighted by molar-refractivity contribution is 6.32. The molecule has 110 valence electrons. The Morgan fingerprint density at radius 3 is 2.57 bits per heavy atom. The Morgan fingerprint density at radius 1 is 1.14 bits per heavy atom. The van der Waals surface area contributed by atoms with Crippen LogP contribution in [0, 0.1) is 6.92 Å². The number of halogens is 1. The van der Waals surface area contributed by atoms with Gasteiger partial charge in [-0.05, 0) is 55.0 Å². The Bertz CT molecular complexity index is 631. The van der Waals surface area contributed by atoms with Gasteiger partial charge in [-0.1, -0.05) is 60.5 Å². The first kappa shape index (κ1) is 14.6. The topological polar surface area (TPSA) is 12.0 Å². The van der Waals surface area contributed by atoms with Crippen molar-refractivity contribution in [2.45, 2.75) is 38.1 Å². The van der Waals surface area contributed by atoms with Gasteiger partial charge in [0, 0.05) is 5.02 Å². The quantitative estimate of drug-likeness (QED) is 0.815. The van der Waals surface area contributed by atoms with Gasteiger partial charge in [0.05, 0.1) is 6.04 Å². The second kappa shape index (κ2) is 6.21. The molecule has 0 amide bonds. The predicted molar refractivity (Wildman–Crippen MR) is 90.1 cm³/mol. The number of hydrogen-bond acceptors (Lipinski definition) is 1. The van der Waals surface area contributed by atoms with Crippen LogP contribution in [-0.4, -0.2) is 7.05 Å². The molecule has 0 radical (unpaired) electrons. The molecule has 1 saturated carbocycles. The minimum Gasteiger partial charge on any atom is -0.309 e. The summed E-state index contributed by atoms with van der Waals surface area (Å²) in [6, 6.07) is 15.4. The zero-order valence-electron chi connectivity index (χ0n) is 12.7. The van der Waals surface area contributed by atoms with Gasteiger partial charge in [-0.3, -0.25) is 0 Å². The first-order chi connectivity index (χ1) is 10.2. The van der Waals surface area contributed by atoms with Crippen molar-refractivity contribution in [3.8, 4) is 0 Å². The summed E-state index contributed by atoms with van der Waals surface area (Å²) in [6.45, 7) is 2.06. The second-order valence-corrected chi connectivity index (χ2v) is 6.38. The number of rotatable bonds is 4. The van der Waals surface area contributed by atoms with Crippen LogP contribution in [0.5, 0.6) is 0 Å². The number of nitrogens with one attached hydrogen (secondary N) is 1. The van der Waals surface area contributed by atoms with Crippen LogP contribution in [0.3, 0.4) is 0 Å². The van der Waals surface area contributed by atoms with Crippen molar-refractivity contribution < 1.29 is 0 Å². The van der Waals surface area contributed by atoms with E-state index in [1.807, 2.05) is 7.05 Å². The third kappa shape index (κ3) is 2.86. The van der Waals surface area contributed by atoms with Crippen LogP contribution < -0.4 is 5.32 Å². The van der Waals surface area contributed by atoms with E-state index in [0.29, 0.717) is 0 Å². The Labute approximate surface area is 132 Å². The average molecular weight is 300 g/mol. The van der Waals surface area contributed by atoms with Crippen molar-refractivity contribution in [2.75, 3.05) is 7.05 Å². The highest BCUT2D eigenvalue weighted by Crippen LogP contribution is 2.38. The van der Waals surface area contributed by atoms with Crippen LogP contribution in [0.2, 0.25) is 5.02 Å². The molecule has 0 aromatic heterocycles. The molecule has 2 aromatic rings. The van der Waals surface area contributed by atoms with E-state index in [1.54, 1.807) is 0 Å². The highest BCUT2D eigenvalue weighted by Gasteiger charge is 2.21. The van der Waals surface area contributed by atoms with E-state index >= 15 is 0 Å². The van der Waals surface area contributed by atoms with E-state index in [9.17, 15) is 0 Å². The van der Waals surface area contributed by atoms with E-state index in [1.165, 1.54) is 30.4 Å². The molecule has 1 nitrogen and oxygen atoms in total. The molecule has 2 heteroatoms. The Balaban J connectivity index is 1.97. The SMILES string of the molecule is CNC(c1cccc(C2CCC2)c1)c1cccc(C)c1Cl. The fourth-order valence-corrected chi connectivity index (χ4v) is 3.36. The van der Waals surface area contributed by atoms with E-state index in [4.69, 9.17) is 11.6 Å². The lowest BCUT2D eigenvalue weighted by Crippen LogP contribution is -2.19. The zero-order valence-corrected chi connectivity index (χ0v) is 13.5. The van der Waals surface area contributed by atoms with Gasteiger partial charge in [0.1, 0.15) is 0 Å².